The van der Waals surface area contributed by atoms with Gasteiger partial charge >= 0.3 is 0 Å². The van der Waals surface area contributed by atoms with Gasteiger partial charge in [0.2, 0.25) is 0 Å². The standard InChI is InChI=1S/C15H24N4O/c1-19(10-12-9-16-7-8-20-12)15-13-5-3-2-4-6-14(13)17-11-18-15/h11-12,16H,2-10H2,1H3. The van der Waals surface area contributed by atoms with Gasteiger partial charge in [0, 0.05) is 37.9 Å². The number of anilines is 1. The molecule has 1 saturated heterocycles. The Bertz CT molecular complexity index is 445. The maximum Gasteiger partial charge on any atom is 0.135 e. The number of nitrogens with one attached hydrogen (secondary N) is 1. The van der Waals surface area contributed by atoms with Gasteiger partial charge in [-0.2, -0.15) is 0 Å². The summed E-state index contributed by atoms with van der Waals surface area (Å²) in [6.07, 6.45) is 7.99. The van der Waals surface area contributed by atoms with Crippen LogP contribution in [-0.4, -0.2) is 49.4 Å². The zero-order valence-corrected chi connectivity index (χ0v) is 12.3. The molecule has 110 valence electrons. The van der Waals surface area contributed by atoms with Crippen LogP contribution < -0.4 is 10.2 Å². The van der Waals surface area contributed by atoms with Crippen molar-refractivity contribution in [2.45, 2.75) is 38.2 Å². The second-order valence-electron chi connectivity index (χ2n) is 5.76. The molecular formula is C15H24N4O. The second-order valence-corrected chi connectivity index (χ2v) is 5.76. The van der Waals surface area contributed by atoms with E-state index in [1.807, 2.05) is 0 Å². The van der Waals surface area contributed by atoms with E-state index in [0.29, 0.717) is 0 Å². The summed E-state index contributed by atoms with van der Waals surface area (Å²) in [5, 5.41) is 3.38. The lowest BCUT2D eigenvalue weighted by molar-refractivity contribution is 0.0339. The smallest absolute Gasteiger partial charge is 0.135 e. The van der Waals surface area contributed by atoms with Crippen LogP contribution in [0.3, 0.4) is 0 Å². The Morgan fingerprint density at radius 3 is 3.05 bits per heavy atom. The Balaban J connectivity index is 1.75. The Morgan fingerprint density at radius 2 is 2.20 bits per heavy atom. The quantitative estimate of drug-likeness (QED) is 0.840. The monoisotopic (exact) mass is 276 g/mol. The van der Waals surface area contributed by atoms with Gasteiger partial charge in [0.15, 0.2) is 0 Å². The van der Waals surface area contributed by atoms with Gasteiger partial charge in [0.25, 0.3) is 0 Å². The molecule has 1 atom stereocenters. The zero-order chi connectivity index (χ0) is 13.8. The van der Waals surface area contributed by atoms with E-state index in [4.69, 9.17) is 4.74 Å². The van der Waals surface area contributed by atoms with Gasteiger partial charge in [-0.25, -0.2) is 9.97 Å². The van der Waals surface area contributed by atoms with Crippen molar-refractivity contribution in [3.63, 3.8) is 0 Å². The fourth-order valence-corrected chi connectivity index (χ4v) is 3.14. The van der Waals surface area contributed by atoms with Crippen LogP contribution in [0.25, 0.3) is 0 Å². The summed E-state index contributed by atoms with van der Waals surface area (Å²) >= 11 is 0. The van der Waals surface area contributed by atoms with Crippen molar-refractivity contribution in [1.82, 2.24) is 15.3 Å². The molecule has 1 unspecified atom stereocenters. The van der Waals surface area contributed by atoms with Crippen LogP contribution in [0, 0.1) is 0 Å². The molecule has 0 spiro atoms. The second kappa shape index (κ2) is 6.50. The van der Waals surface area contributed by atoms with Crippen molar-refractivity contribution in [3.05, 3.63) is 17.6 Å². The molecule has 5 heteroatoms. The van der Waals surface area contributed by atoms with Crippen LogP contribution in [0.15, 0.2) is 6.33 Å². The van der Waals surface area contributed by atoms with Crippen molar-refractivity contribution in [2.75, 3.05) is 38.2 Å². The van der Waals surface area contributed by atoms with Gasteiger partial charge in [-0.15, -0.1) is 0 Å². The summed E-state index contributed by atoms with van der Waals surface area (Å²) < 4.78 is 5.79. The third-order valence-corrected chi connectivity index (χ3v) is 4.20. The first-order valence-corrected chi connectivity index (χ1v) is 7.71. The van der Waals surface area contributed by atoms with Gasteiger partial charge in [0.1, 0.15) is 12.1 Å². The first-order valence-electron chi connectivity index (χ1n) is 7.71. The third-order valence-electron chi connectivity index (χ3n) is 4.20. The Morgan fingerprint density at radius 1 is 1.30 bits per heavy atom. The number of nitrogens with zero attached hydrogens (tertiary/aromatic N) is 3. The van der Waals surface area contributed by atoms with Crippen LogP contribution in [0.4, 0.5) is 5.82 Å². The summed E-state index contributed by atoms with van der Waals surface area (Å²) in [5.74, 6) is 1.10. The molecular weight excluding hydrogens is 252 g/mol. The van der Waals surface area contributed by atoms with E-state index in [-0.39, 0.29) is 6.10 Å². The summed E-state index contributed by atoms with van der Waals surface area (Å²) in [6.45, 7) is 3.58. The minimum absolute atomic E-state index is 0.255. The van der Waals surface area contributed by atoms with Crippen LogP contribution in [0.5, 0.6) is 0 Å². The van der Waals surface area contributed by atoms with Crippen molar-refractivity contribution in [1.29, 1.82) is 0 Å². The molecule has 1 N–H and O–H groups in total. The maximum absolute atomic E-state index is 5.79. The Kier molecular flexibility index (Phi) is 4.47. The molecule has 1 aromatic rings. The molecule has 2 heterocycles. The van der Waals surface area contributed by atoms with Crippen molar-refractivity contribution >= 4 is 5.82 Å². The van der Waals surface area contributed by atoms with Gasteiger partial charge in [-0.3, -0.25) is 0 Å². The average molecular weight is 276 g/mol. The molecule has 1 aromatic heterocycles. The topological polar surface area (TPSA) is 50.3 Å². The first kappa shape index (κ1) is 13.8. The van der Waals surface area contributed by atoms with E-state index in [1.165, 1.54) is 30.5 Å². The highest BCUT2D eigenvalue weighted by molar-refractivity contribution is 5.48. The minimum Gasteiger partial charge on any atom is -0.374 e. The molecule has 1 aliphatic heterocycles. The highest BCUT2D eigenvalue weighted by Gasteiger charge is 2.20. The normalized spacial score (nSPS) is 22.9. The summed E-state index contributed by atoms with van der Waals surface area (Å²) in [5.41, 5.74) is 2.61. The predicted octanol–water partition coefficient (Wildman–Crippen LogP) is 1.17. The highest BCUT2D eigenvalue weighted by Crippen LogP contribution is 2.26. The van der Waals surface area contributed by atoms with E-state index in [0.717, 1.165) is 44.9 Å². The number of morpholine rings is 1. The number of aromatic nitrogens is 2. The first-order chi connectivity index (χ1) is 9.84. The van der Waals surface area contributed by atoms with Crippen LogP contribution in [0.2, 0.25) is 0 Å². The molecule has 2 aliphatic rings. The highest BCUT2D eigenvalue weighted by atomic mass is 16.5. The number of likely N-dealkylation sites (N-methyl/N-ethyl adjacent to an activating group) is 1. The van der Waals surface area contributed by atoms with Crippen LogP contribution >= 0.6 is 0 Å². The molecule has 0 saturated carbocycles. The third kappa shape index (κ3) is 3.10. The summed E-state index contributed by atoms with van der Waals surface area (Å²) in [7, 11) is 2.12. The molecule has 0 aromatic carbocycles. The fraction of sp³-hybridized carbons (Fsp3) is 0.733. The van der Waals surface area contributed by atoms with E-state index in [1.54, 1.807) is 6.33 Å². The zero-order valence-electron chi connectivity index (χ0n) is 12.3. The lowest BCUT2D eigenvalue weighted by Gasteiger charge is -2.29. The maximum atomic E-state index is 5.79. The SMILES string of the molecule is CN(CC1CNCCO1)c1ncnc2c1CCCCC2. The number of aryl methyl sites for hydroxylation is 1. The largest absolute Gasteiger partial charge is 0.374 e. The molecule has 20 heavy (non-hydrogen) atoms. The molecule has 1 fully saturated rings. The number of hydrogen-bond donors (Lipinski definition) is 1. The van der Waals surface area contributed by atoms with Gasteiger partial charge in [-0.05, 0) is 25.7 Å². The Labute approximate surface area is 120 Å². The van der Waals surface area contributed by atoms with Gasteiger partial charge < -0.3 is 15.0 Å². The van der Waals surface area contributed by atoms with Crippen molar-refractivity contribution in [3.8, 4) is 0 Å². The number of rotatable bonds is 3. The molecule has 0 amide bonds. The number of hydrogen-bond acceptors (Lipinski definition) is 5. The van der Waals surface area contributed by atoms with E-state index >= 15 is 0 Å². The Hall–Kier alpha value is -1.20. The molecule has 0 radical (unpaired) electrons. The molecule has 3 rings (SSSR count). The molecule has 1 aliphatic carbocycles. The van der Waals surface area contributed by atoms with Gasteiger partial charge in [0.05, 0.1) is 12.7 Å². The van der Waals surface area contributed by atoms with Crippen molar-refractivity contribution < 1.29 is 4.74 Å². The van der Waals surface area contributed by atoms with Gasteiger partial charge in [-0.1, -0.05) is 6.42 Å². The predicted molar refractivity (Wildman–Crippen MR) is 79.2 cm³/mol. The van der Waals surface area contributed by atoms with E-state index < -0.39 is 0 Å². The molecule has 5 nitrogen and oxygen atoms in total. The summed E-state index contributed by atoms with van der Waals surface area (Å²) in [6, 6.07) is 0. The van der Waals surface area contributed by atoms with E-state index in [2.05, 4.69) is 27.2 Å². The van der Waals surface area contributed by atoms with Crippen LogP contribution in [0.1, 0.15) is 30.5 Å². The van der Waals surface area contributed by atoms with E-state index in [9.17, 15) is 0 Å². The summed E-state index contributed by atoms with van der Waals surface area (Å²) in [4.78, 5) is 11.3. The lowest BCUT2D eigenvalue weighted by Crippen LogP contribution is -2.44. The number of ether oxygens (including phenoxy) is 1. The van der Waals surface area contributed by atoms with Crippen LogP contribution in [-0.2, 0) is 17.6 Å². The lowest BCUT2D eigenvalue weighted by atomic mass is 10.1. The molecule has 0 bridgehead atoms. The minimum atomic E-state index is 0.255. The number of fused-ring (bicyclic) bond motifs is 1. The van der Waals surface area contributed by atoms with Crippen molar-refractivity contribution in [2.24, 2.45) is 0 Å². The average Bonchev–Trinajstić information content (AvgIpc) is 2.73. The fourth-order valence-electron chi connectivity index (χ4n) is 3.14.